The van der Waals surface area contributed by atoms with Crippen molar-refractivity contribution in [1.82, 2.24) is 15.0 Å². The van der Waals surface area contributed by atoms with Crippen LogP contribution in [0.3, 0.4) is 0 Å². The molecule has 0 aromatic carbocycles. The molecule has 0 aliphatic carbocycles. The minimum Gasteiger partial charge on any atom is -0.350 e. The van der Waals surface area contributed by atoms with E-state index in [1.807, 2.05) is 4.90 Å². The Balaban J connectivity index is 1.55. The van der Waals surface area contributed by atoms with Crippen LogP contribution in [0, 0.1) is 0 Å². The number of halogens is 3. The van der Waals surface area contributed by atoms with Crippen LogP contribution in [0.15, 0.2) is 36.7 Å². The lowest BCUT2D eigenvalue weighted by atomic mass is 10.2. The van der Waals surface area contributed by atoms with E-state index in [1.54, 1.807) is 24.5 Å². The summed E-state index contributed by atoms with van der Waals surface area (Å²) in [5, 5.41) is 0. The topological polar surface area (TPSA) is 45.2 Å². The predicted molar refractivity (Wildman–Crippen MR) is 78.2 cm³/mol. The molecule has 0 spiro atoms. The molecule has 2 saturated heterocycles. The first-order valence-corrected chi connectivity index (χ1v) is 7.37. The molecule has 0 saturated carbocycles. The van der Waals surface area contributed by atoms with Crippen LogP contribution in [-0.2, 0) is 6.18 Å². The summed E-state index contributed by atoms with van der Waals surface area (Å²) in [5.74, 6) is 1.07. The number of pyridine rings is 1. The van der Waals surface area contributed by atoms with E-state index in [2.05, 4.69) is 19.9 Å². The lowest BCUT2D eigenvalue weighted by molar-refractivity contribution is -0.141. The molecule has 5 nitrogen and oxygen atoms in total. The van der Waals surface area contributed by atoms with Crippen molar-refractivity contribution in [2.75, 3.05) is 22.9 Å². The summed E-state index contributed by atoms with van der Waals surface area (Å²) in [4.78, 5) is 16.4. The summed E-state index contributed by atoms with van der Waals surface area (Å²) in [6, 6.07) is 6.16. The molecule has 4 rings (SSSR count). The van der Waals surface area contributed by atoms with E-state index in [1.165, 1.54) is 6.07 Å². The standard InChI is InChI=1S/C15H14F3N5/c16-15(17,18)12-3-1-4-13(21-12)22-8-11-7-10(22)9-23(11)14-19-5-2-6-20-14/h1-6,10-11H,7-9H2/t10-,11-/m0/s1. The van der Waals surface area contributed by atoms with Crippen molar-refractivity contribution < 1.29 is 13.2 Å². The SMILES string of the molecule is FC(F)(F)c1cccc(N2C[C@@H]3C[C@H]2CN3c2ncccn2)n1. The van der Waals surface area contributed by atoms with E-state index in [0.29, 0.717) is 24.9 Å². The van der Waals surface area contributed by atoms with E-state index < -0.39 is 11.9 Å². The van der Waals surface area contributed by atoms with Crippen molar-refractivity contribution in [3.8, 4) is 0 Å². The maximum atomic E-state index is 12.8. The number of rotatable bonds is 2. The number of aromatic nitrogens is 3. The molecular formula is C15H14F3N5. The van der Waals surface area contributed by atoms with Crippen LogP contribution in [0.2, 0.25) is 0 Å². The van der Waals surface area contributed by atoms with Gasteiger partial charge in [0.05, 0.1) is 12.1 Å². The number of alkyl halides is 3. The van der Waals surface area contributed by atoms with Gasteiger partial charge in [-0.3, -0.25) is 0 Å². The van der Waals surface area contributed by atoms with Crippen LogP contribution in [0.25, 0.3) is 0 Å². The van der Waals surface area contributed by atoms with E-state index in [-0.39, 0.29) is 12.1 Å². The molecule has 2 aromatic heterocycles. The Bertz CT molecular complexity index is 706. The van der Waals surface area contributed by atoms with Gasteiger partial charge in [-0.15, -0.1) is 0 Å². The molecule has 8 heteroatoms. The Morgan fingerprint density at radius 3 is 2.30 bits per heavy atom. The maximum Gasteiger partial charge on any atom is 0.433 e. The van der Waals surface area contributed by atoms with Gasteiger partial charge >= 0.3 is 6.18 Å². The Kier molecular flexibility index (Phi) is 3.14. The second-order valence-corrected chi connectivity index (χ2v) is 5.78. The van der Waals surface area contributed by atoms with E-state index in [0.717, 1.165) is 12.5 Å². The van der Waals surface area contributed by atoms with Gasteiger partial charge in [0.15, 0.2) is 0 Å². The highest BCUT2D eigenvalue weighted by molar-refractivity contribution is 5.49. The quantitative estimate of drug-likeness (QED) is 0.850. The largest absolute Gasteiger partial charge is 0.433 e. The highest BCUT2D eigenvalue weighted by Gasteiger charge is 2.45. The molecule has 4 heterocycles. The monoisotopic (exact) mass is 321 g/mol. The second kappa shape index (κ2) is 5.07. The second-order valence-electron chi connectivity index (χ2n) is 5.78. The Labute approximate surface area is 130 Å². The first-order valence-electron chi connectivity index (χ1n) is 7.37. The van der Waals surface area contributed by atoms with Crippen LogP contribution in [-0.4, -0.2) is 40.1 Å². The lowest BCUT2D eigenvalue weighted by Crippen LogP contribution is -2.47. The molecule has 2 aliphatic rings. The van der Waals surface area contributed by atoms with Gasteiger partial charge in [0.2, 0.25) is 5.95 Å². The summed E-state index contributed by atoms with van der Waals surface area (Å²) < 4.78 is 38.5. The number of fused-ring (bicyclic) bond motifs is 2. The molecule has 2 aliphatic heterocycles. The van der Waals surface area contributed by atoms with Gasteiger partial charge in [-0.2, -0.15) is 13.2 Å². The first kappa shape index (κ1) is 14.2. The number of anilines is 2. The van der Waals surface area contributed by atoms with Crippen LogP contribution < -0.4 is 9.80 Å². The lowest BCUT2D eigenvalue weighted by Gasteiger charge is -2.35. The number of piperazine rings is 1. The van der Waals surface area contributed by atoms with Gasteiger partial charge in [0.25, 0.3) is 0 Å². The van der Waals surface area contributed by atoms with Crippen LogP contribution >= 0.6 is 0 Å². The first-order chi connectivity index (χ1) is 11.0. The van der Waals surface area contributed by atoms with Crippen LogP contribution in [0.1, 0.15) is 12.1 Å². The van der Waals surface area contributed by atoms with E-state index >= 15 is 0 Å². The smallest absolute Gasteiger partial charge is 0.350 e. The Morgan fingerprint density at radius 1 is 0.957 bits per heavy atom. The predicted octanol–water partition coefficient (Wildman–Crippen LogP) is 2.36. The van der Waals surface area contributed by atoms with Gasteiger partial charge in [-0.1, -0.05) is 6.07 Å². The zero-order chi connectivity index (χ0) is 16.0. The third kappa shape index (κ3) is 2.47. The van der Waals surface area contributed by atoms with Gasteiger partial charge in [0, 0.05) is 25.5 Å². The number of nitrogens with zero attached hydrogens (tertiary/aromatic N) is 5. The van der Waals surface area contributed by atoms with Gasteiger partial charge in [0.1, 0.15) is 11.5 Å². The molecule has 0 N–H and O–H groups in total. The van der Waals surface area contributed by atoms with Crippen molar-refractivity contribution >= 4 is 11.8 Å². The fraction of sp³-hybridized carbons (Fsp3) is 0.400. The van der Waals surface area contributed by atoms with Gasteiger partial charge in [-0.05, 0) is 24.6 Å². The summed E-state index contributed by atoms with van der Waals surface area (Å²) in [7, 11) is 0. The van der Waals surface area contributed by atoms with Gasteiger partial charge < -0.3 is 9.80 Å². The van der Waals surface area contributed by atoms with Crippen molar-refractivity contribution in [2.45, 2.75) is 24.7 Å². The van der Waals surface area contributed by atoms with Gasteiger partial charge in [-0.25, -0.2) is 15.0 Å². The normalized spacial score (nSPS) is 23.6. The molecule has 0 unspecified atom stereocenters. The zero-order valence-electron chi connectivity index (χ0n) is 12.1. The third-order valence-electron chi connectivity index (χ3n) is 4.37. The van der Waals surface area contributed by atoms with E-state index in [9.17, 15) is 13.2 Å². The number of hydrogen-bond donors (Lipinski definition) is 0. The van der Waals surface area contributed by atoms with Crippen molar-refractivity contribution in [3.05, 3.63) is 42.4 Å². The molecule has 0 radical (unpaired) electrons. The minimum atomic E-state index is -4.42. The Morgan fingerprint density at radius 2 is 1.65 bits per heavy atom. The molecule has 2 aromatic rings. The van der Waals surface area contributed by atoms with Crippen LogP contribution in [0.5, 0.6) is 0 Å². The molecular weight excluding hydrogens is 307 g/mol. The van der Waals surface area contributed by atoms with Crippen molar-refractivity contribution in [1.29, 1.82) is 0 Å². The third-order valence-corrected chi connectivity index (χ3v) is 4.37. The van der Waals surface area contributed by atoms with Crippen molar-refractivity contribution in [2.24, 2.45) is 0 Å². The fourth-order valence-corrected chi connectivity index (χ4v) is 3.37. The fourth-order valence-electron chi connectivity index (χ4n) is 3.37. The van der Waals surface area contributed by atoms with E-state index in [4.69, 9.17) is 0 Å². The highest BCUT2D eigenvalue weighted by Crippen LogP contribution is 2.36. The summed E-state index contributed by atoms with van der Waals surface area (Å²) >= 11 is 0. The highest BCUT2D eigenvalue weighted by atomic mass is 19.4. The summed E-state index contributed by atoms with van der Waals surface area (Å²) in [6.45, 7) is 1.34. The van der Waals surface area contributed by atoms with Crippen LogP contribution in [0.4, 0.5) is 24.9 Å². The van der Waals surface area contributed by atoms with Crippen molar-refractivity contribution in [3.63, 3.8) is 0 Å². The average molecular weight is 321 g/mol. The average Bonchev–Trinajstić information content (AvgIpc) is 3.15. The minimum absolute atomic E-state index is 0.139. The Hall–Kier alpha value is -2.38. The summed E-state index contributed by atoms with van der Waals surface area (Å²) in [5.41, 5.74) is -0.846. The molecule has 23 heavy (non-hydrogen) atoms. The molecule has 2 fully saturated rings. The zero-order valence-corrected chi connectivity index (χ0v) is 12.1. The maximum absolute atomic E-state index is 12.8. The summed E-state index contributed by atoms with van der Waals surface area (Å²) in [6.07, 6.45) is -0.143. The molecule has 0 amide bonds. The molecule has 2 atom stereocenters. The molecule has 2 bridgehead atoms. The number of hydrogen-bond acceptors (Lipinski definition) is 5. The molecule has 120 valence electrons.